The van der Waals surface area contributed by atoms with Crippen molar-refractivity contribution >= 4 is 22.6 Å². The van der Waals surface area contributed by atoms with Crippen LogP contribution in [0, 0.1) is 13.8 Å². The third-order valence-corrected chi connectivity index (χ3v) is 6.93. The van der Waals surface area contributed by atoms with E-state index in [0.717, 1.165) is 5.56 Å². The highest BCUT2D eigenvalue weighted by atomic mass is 16.7. The zero-order valence-electron chi connectivity index (χ0n) is 22.4. The maximum atomic E-state index is 12.9. The minimum Gasteiger partial charge on any atom is -0.507 e. The Hall–Kier alpha value is -4.42. The van der Waals surface area contributed by atoms with Gasteiger partial charge in [-0.15, -0.1) is 0 Å². The summed E-state index contributed by atoms with van der Waals surface area (Å²) in [6.45, 7) is 3.32. The molecule has 2 heterocycles. The molecule has 0 saturated carbocycles. The fourth-order valence-corrected chi connectivity index (χ4v) is 4.62. The first-order valence-corrected chi connectivity index (χ1v) is 12.8. The average molecular weight is 564 g/mol. The van der Waals surface area contributed by atoms with Gasteiger partial charge in [0.1, 0.15) is 52.3 Å². The van der Waals surface area contributed by atoms with Gasteiger partial charge in [0, 0.05) is 28.9 Å². The van der Waals surface area contributed by atoms with E-state index < -0.39 is 47.8 Å². The van der Waals surface area contributed by atoms with Gasteiger partial charge < -0.3 is 44.4 Å². The number of aryl methyl sites for hydroxylation is 1. The van der Waals surface area contributed by atoms with Crippen LogP contribution in [0.15, 0.2) is 69.9 Å². The molecule has 214 valence electrons. The molecule has 5 unspecified atom stereocenters. The minimum atomic E-state index is -1.80. The van der Waals surface area contributed by atoms with Crippen LogP contribution in [-0.4, -0.2) is 64.1 Å². The van der Waals surface area contributed by atoms with Crippen molar-refractivity contribution < 1.29 is 43.8 Å². The van der Waals surface area contributed by atoms with Crippen LogP contribution in [0.3, 0.4) is 0 Å². The van der Waals surface area contributed by atoms with E-state index in [-0.39, 0.29) is 28.0 Å². The average Bonchev–Trinajstić information content (AvgIpc) is 2.95. The van der Waals surface area contributed by atoms with E-state index in [0.29, 0.717) is 17.0 Å². The minimum absolute atomic E-state index is 0.0129. The number of anilines is 1. The molecule has 0 aliphatic carbocycles. The van der Waals surface area contributed by atoms with Gasteiger partial charge in [-0.2, -0.15) is 0 Å². The van der Waals surface area contributed by atoms with Gasteiger partial charge in [-0.3, -0.25) is 9.59 Å². The molecule has 1 aromatic heterocycles. The van der Waals surface area contributed by atoms with Crippen molar-refractivity contribution in [2.45, 2.75) is 44.6 Å². The highest BCUT2D eigenvalue weighted by Gasteiger charge is 2.48. The number of phenols is 1. The summed E-state index contributed by atoms with van der Waals surface area (Å²) in [5.74, 6) is -0.386. The lowest BCUT2D eigenvalue weighted by molar-refractivity contribution is -0.265. The number of aliphatic hydroxyl groups excluding tert-OH is 3. The number of carbonyl (C=O) groups excluding carboxylic acids is 1. The van der Waals surface area contributed by atoms with Gasteiger partial charge in [0.2, 0.25) is 6.29 Å². The van der Waals surface area contributed by atoms with Crippen LogP contribution in [0.4, 0.5) is 5.69 Å². The van der Waals surface area contributed by atoms with E-state index in [9.17, 15) is 30.0 Å². The molecule has 5 rings (SSSR count). The Bertz CT molecular complexity index is 1650. The molecule has 4 aromatic rings. The predicted molar refractivity (Wildman–Crippen MR) is 148 cm³/mol. The number of ether oxygens (including phenoxy) is 3. The van der Waals surface area contributed by atoms with Gasteiger partial charge in [-0.25, -0.2) is 0 Å². The molecule has 1 aliphatic heterocycles. The number of nitrogens with one attached hydrogen (secondary N) is 1. The zero-order chi connectivity index (χ0) is 29.4. The lowest BCUT2D eigenvalue weighted by Gasteiger charge is -2.39. The largest absolute Gasteiger partial charge is 0.507 e. The summed E-state index contributed by atoms with van der Waals surface area (Å²) in [5.41, 5.74) is 1.53. The van der Waals surface area contributed by atoms with Gasteiger partial charge in [-0.05, 0) is 55.8 Å². The quantitative estimate of drug-likeness (QED) is 0.235. The molecule has 41 heavy (non-hydrogen) atoms. The number of aromatic hydroxyl groups is 1. The second-order valence-corrected chi connectivity index (χ2v) is 9.80. The Balaban J connectivity index is 1.46. The van der Waals surface area contributed by atoms with Crippen LogP contribution in [0.25, 0.3) is 22.3 Å². The maximum absolute atomic E-state index is 12.9. The van der Waals surface area contributed by atoms with Crippen molar-refractivity contribution in [3.8, 4) is 28.6 Å². The van der Waals surface area contributed by atoms with Crippen molar-refractivity contribution in [2.24, 2.45) is 0 Å². The van der Waals surface area contributed by atoms with Crippen molar-refractivity contribution in [2.75, 3.05) is 12.4 Å². The highest BCUT2D eigenvalue weighted by molar-refractivity contribution is 5.95. The lowest BCUT2D eigenvalue weighted by Crippen LogP contribution is -2.62. The van der Waals surface area contributed by atoms with Crippen LogP contribution < -0.4 is 20.2 Å². The predicted octanol–water partition coefficient (Wildman–Crippen LogP) is 2.62. The number of rotatable bonds is 6. The first-order chi connectivity index (χ1) is 19.6. The number of fused-ring (bicyclic) bond motifs is 1. The number of hydrogen-bond acceptors (Lipinski definition) is 10. The number of benzene rings is 3. The summed E-state index contributed by atoms with van der Waals surface area (Å²) in [5, 5.41) is 45.0. The fraction of sp³-hybridized carbons (Fsp3) is 0.267. The Kier molecular flexibility index (Phi) is 7.70. The Morgan fingerprint density at radius 1 is 0.951 bits per heavy atom. The highest BCUT2D eigenvalue weighted by Crippen LogP contribution is 2.37. The topological polar surface area (TPSA) is 168 Å². The standard InChI is InChI=1S/C30H29NO10/c1-14-5-4-6-17(11-14)31-29(37)28-26(35)25(34)27(36)30(41-28)40-20-13-22-23(24(33)15(20)2)19(32)12-21(39-22)16-7-9-18(38-3)10-8-16/h4-13,25-28,30,33-36H,1-3H3,(H,31,37). The van der Waals surface area contributed by atoms with Crippen molar-refractivity contribution in [3.63, 3.8) is 0 Å². The summed E-state index contributed by atoms with van der Waals surface area (Å²) in [7, 11) is 1.53. The third kappa shape index (κ3) is 5.48. The van der Waals surface area contributed by atoms with Gasteiger partial charge >= 0.3 is 0 Å². The molecule has 1 saturated heterocycles. The molecule has 1 aliphatic rings. The number of hydrogen-bond donors (Lipinski definition) is 5. The summed E-state index contributed by atoms with van der Waals surface area (Å²) in [6, 6.07) is 16.3. The second kappa shape index (κ2) is 11.2. The van der Waals surface area contributed by atoms with E-state index >= 15 is 0 Å². The van der Waals surface area contributed by atoms with Crippen molar-refractivity contribution in [3.05, 3.63) is 82.0 Å². The van der Waals surface area contributed by atoms with Crippen molar-refractivity contribution in [1.29, 1.82) is 0 Å². The number of amides is 1. The van der Waals surface area contributed by atoms with Crippen molar-refractivity contribution in [1.82, 2.24) is 0 Å². The lowest BCUT2D eigenvalue weighted by atomic mass is 9.98. The molecule has 5 atom stereocenters. The zero-order valence-corrected chi connectivity index (χ0v) is 22.4. The van der Waals surface area contributed by atoms with Crippen LogP contribution in [-0.2, 0) is 9.53 Å². The van der Waals surface area contributed by atoms with Gasteiger partial charge in [0.15, 0.2) is 11.5 Å². The fourth-order valence-electron chi connectivity index (χ4n) is 4.62. The van der Waals surface area contributed by atoms with Gasteiger partial charge in [-0.1, -0.05) is 12.1 Å². The van der Waals surface area contributed by atoms with Crippen LogP contribution in [0.1, 0.15) is 11.1 Å². The smallest absolute Gasteiger partial charge is 0.256 e. The Morgan fingerprint density at radius 2 is 1.68 bits per heavy atom. The van der Waals surface area contributed by atoms with E-state index in [2.05, 4.69) is 5.32 Å². The first-order valence-electron chi connectivity index (χ1n) is 12.8. The van der Waals surface area contributed by atoms with Crippen LogP contribution >= 0.6 is 0 Å². The Morgan fingerprint density at radius 3 is 2.37 bits per heavy atom. The van der Waals surface area contributed by atoms with Gasteiger partial charge in [0.05, 0.1) is 7.11 Å². The molecule has 0 spiro atoms. The number of aliphatic hydroxyl groups is 3. The molecule has 1 amide bonds. The molecule has 3 aromatic carbocycles. The van der Waals surface area contributed by atoms with E-state index in [1.807, 2.05) is 13.0 Å². The van der Waals surface area contributed by atoms with E-state index in [1.54, 1.807) is 42.5 Å². The molecule has 1 fully saturated rings. The number of methoxy groups -OCH3 is 1. The molecule has 0 radical (unpaired) electrons. The number of carbonyl (C=O) groups is 1. The summed E-state index contributed by atoms with van der Waals surface area (Å²) >= 11 is 0. The van der Waals surface area contributed by atoms with E-state index in [1.165, 1.54) is 26.2 Å². The Labute approximate surface area is 234 Å². The number of phenolic OH excluding ortho intramolecular Hbond substituents is 1. The maximum Gasteiger partial charge on any atom is 0.256 e. The van der Waals surface area contributed by atoms with Crippen LogP contribution in [0.5, 0.6) is 17.2 Å². The monoisotopic (exact) mass is 563 g/mol. The molecule has 11 heteroatoms. The summed E-state index contributed by atoms with van der Waals surface area (Å²) < 4.78 is 22.5. The molecule has 11 nitrogen and oxygen atoms in total. The molecule has 5 N–H and O–H groups in total. The van der Waals surface area contributed by atoms with E-state index in [4.69, 9.17) is 18.6 Å². The first kappa shape index (κ1) is 28.1. The summed E-state index contributed by atoms with van der Waals surface area (Å²) in [4.78, 5) is 25.9. The SMILES string of the molecule is COc1ccc(-c2cc(=O)c3c(O)c(C)c(OC4OC(C(=O)Nc5cccc(C)c5)C(O)C(O)C4O)cc3o2)cc1. The normalized spacial score (nSPS) is 22.3. The van der Waals surface area contributed by atoms with Gasteiger partial charge in [0.25, 0.3) is 5.91 Å². The summed E-state index contributed by atoms with van der Waals surface area (Å²) in [6.07, 6.45) is -8.55. The third-order valence-electron chi connectivity index (χ3n) is 6.93. The molecule has 0 bridgehead atoms. The second-order valence-electron chi connectivity index (χ2n) is 9.80. The molecular weight excluding hydrogens is 534 g/mol. The molecular formula is C30H29NO10. The van der Waals surface area contributed by atoms with Crippen LogP contribution in [0.2, 0.25) is 0 Å².